The van der Waals surface area contributed by atoms with Crippen molar-refractivity contribution in [2.45, 2.75) is 39.5 Å². The van der Waals surface area contributed by atoms with Gasteiger partial charge in [0, 0.05) is 18.8 Å². The van der Waals surface area contributed by atoms with Crippen LogP contribution in [0.15, 0.2) is 18.2 Å². The van der Waals surface area contributed by atoms with Crippen LogP contribution in [-0.4, -0.2) is 13.1 Å². The second kappa shape index (κ2) is 3.55. The van der Waals surface area contributed by atoms with E-state index in [1.807, 2.05) is 0 Å². The summed E-state index contributed by atoms with van der Waals surface area (Å²) in [5.74, 6) is 0. The van der Waals surface area contributed by atoms with Gasteiger partial charge in [-0.1, -0.05) is 32.9 Å². The molecule has 15 heavy (non-hydrogen) atoms. The third kappa shape index (κ3) is 1.88. The SMILES string of the molecule is Cc1c(N2CCC2)cccc1C(C)(C)C. The molecule has 0 unspecified atom stereocenters. The van der Waals surface area contributed by atoms with Crippen LogP contribution in [0, 0.1) is 6.92 Å². The molecule has 1 saturated heterocycles. The van der Waals surface area contributed by atoms with Crippen LogP contribution in [0.4, 0.5) is 5.69 Å². The molecule has 0 amide bonds. The van der Waals surface area contributed by atoms with Crippen molar-refractivity contribution in [2.75, 3.05) is 18.0 Å². The number of anilines is 1. The van der Waals surface area contributed by atoms with E-state index >= 15 is 0 Å². The van der Waals surface area contributed by atoms with Crippen LogP contribution in [-0.2, 0) is 5.41 Å². The average Bonchev–Trinajstić information content (AvgIpc) is 2.03. The molecule has 0 atom stereocenters. The third-order valence-electron chi connectivity index (χ3n) is 3.31. The molecule has 1 aromatic carbocycles. The Morgan fingerprint density at radius 3 is 2.27 bits per heavy atom. The fourth-order valence-corrected chi connectivity index (χ4v) is 2.34. The number of hydrogen-bond donors (Lipinski definition) is 0. The summed E-state index contributed by atoms with van der Waals surface area (Å²) < 4.78 is 0. The van der Waals surface area contributed by atoms with E-state index in [-0.39, 0.29) is 5.41 Å². The van der Waals surface area contributed by atoms with Gasteiger partial charge in [0.25, 0.3) is 0 Å². The van der Waals surface area contributed by atoms with E-state index in [2.05, 4.69) is 50.8 Å². The van der Waals surface area contributed by atoms with E-state index in [1.54, 1.807) is 0 Å². The van der Waals surface area contributed by atoms with Crippen molar-refractivity contribution < 1.29 is 0 Å². The maximum Gasteiger partial charge on any atom is 0.0398 e. The van der Waals surface area contributed by atoms with Crippen molar-refractivity contribution in [3.8, 4) is 0 Å². The maximum absolute atomic E-state index is 2.48. The molecule has 0 radical (unpaired) electrons. The highest BCUT2D eigenvalue weighted by molar-refractivity contribution is 5.58. The molecule has 1 aliphatic rings. The zero-order valence-corrected chi connectivity index (χ0v) is 10.3. The van der Waals surface area contributed by atoms with Gasteiger partial charge in [0.2, 0.25) is 0 Å². The minimum atomic E-state index is 0.255. The van der Waals surface area contributed by atoms with Gasteiger partial charge in [-0.2, -0.15) is 0 Å². The molecule has 1 heteroatoms. The normalized spacial score (nSPS) is 16.4. The largest absolute Gasteiger partial charge is 0.371 e. The molecular formula is C14H21N. The molecule has 1 aromatic rings. The molecule has 0 N–H and O–H groups in total. The molecule has 0 aliphatic carbocycles. The zero-order valence-electron chi connectivity index (χ0n) is 10.3. The number of rotatable bonds is 1. The Kier molecular flexibility index (Phi) is 2.49. The smallest absolute Gasteiger partial charge is 0.0398 e. The summed E-state index contributed by atoms with van der Waals surface area (Å²) >= 11 is 0. The number of nitrogens with zero attached hydrogens (tertiary/aromatic N) is 1. The highest BCUT2D eigenvalue weighted by Crippen LogP contribution is 2.33. The average molecular weight is 203 g/mol. The van der Waals surface area contributed by atoms with Gasteiger partial charge in [-0.3, -0.25) is 0 Å². The summed E-state index contributed by atoms with van der Waals surface area (Å²) in [6.07, 6.45) is 1.35. The van der Waals surface area contributed by atoms with Crippen LogP contribution in [0.3, 0.4) is 0 Å². The molecular weight excluding hydrogens is 182 g/mol. The summed E-state index contributed by atoms with van der Waals surface area (Å²) in [4.78, 5) is 2.48. The molecule has 0 saturated carbocycles. The van der Waals surface area contributed by atoms with Crippen molar-refractivity contribution in [2.24, 2.45) is 0 Å². The molecule has 1 heterocycles. The summed E-state index contributed by atoms with van der Waals surface area (Å²) in [6, 6.07) is 6.71. The van der Waals surface area contributed by atoms with Crippen LogP contribution >= 0.6 is 0 Å². The Bertz CT molecular complexity index is 356. The summed E-state index contributed by atoms with van der Waals surface area (Å²) in [5, 5.41) is 0. The fourth-order valence-electron chi connectivity index (χ4n) is 2.34. The molecule has 1 nitrogen and oxygen atoms in total. The Morgan fingerprint density at radius 2 is 1.80 bits per heavy atom. The Hall–Kier alpha value is -0.980. The first-order valence-electron chi connectivity index (χ1n) is 5.85. The lowest BCUT2D eigenvalue weighted by molar-refractivity contribution is 0.580. The minimum absolute atomic E-state index is 0.255. The van der Waals surface area contributed by atoms with Crippen LogP contribution < -0.4 is 4.90 Å². The van der Waals surface area contributed by atoms with Crippen molar-refractivity contribution in [3.05, 3.63) is 29.3 Å². The predicted octanol–water partition coefficient (Wildman–Crippen LogP) is 3.50. The van der Waals surface area contributed by atoms with E-state index in [0.29, 0.717) is 0 Å². The molecule has 0 aromatic heterocycles. The summed E-state index contributed by atoms with van der Waals surface area (Å²) in [7, 11) is 0. The first kappa shape index (κ1) is 10.5. The van der Waals surface area contributed by atoms with Crippen LogP contribution in [0.2, 0.25) is 0 Å². The van der Waals surface area contributed by atoms with Gasteiger partial charge >= 0.3 is 0 Å². The van der Waals surface area contributed by atoms with E-state index in [0.717, 1.165) is 0 Å². The van der Waals surface area contributed by atoms with E-state index in [9.17, 15) is 0 Å². The first-order chi connectivity index (χ1) is 7.00. The second-order valence-electron chi connectivity index (χ2n) is 5.54. The summed E-state index contributed by atoms with van der Waals surface area (Å²) in [5.41, 5.74) is 4.63. The van der Waals surface area contributed by atoms with Gasteiger partial charge in [0.15, 0.2) is 0 Å². The Balaban J connectivity index is 2.41. The molecule has 82 valence electrons. The van der Waals surface area contributed by atoms with Gasteiger partial charge < -0.3 is 4.90 Å². The van der Waals surface area contributed by atoms with Crippen molar-refractivity contribution >= 4 is 5.69 Å². The van der Waals surface area contributed by atoms with Gasteiger partial charge in [0.05, 0.1) is 0 Å². The van der Waals surface area contributed by atoms with Gasteiger partial charge in [-0.25, -0.2) is 0 Å². The number of benzene rings is 1. The van der Waals surface area contributed by atoms with Gasteiger partial charge in [-0.15, -0.1) is 0 Å². The van der Waals surface area contributed by atoms with Crippen molar-refractivity contribution in [3.63, 3.8) is 0 Å². The molecule has 1 fully saturated rings. The van der Waals surface area contributed by atoms with Gasteiger partial charge in [0.1, 0.15) is 0 Å². The predicted molar refractivity (Wildman–Crippen MR) is 66.7 cm³/mol. The lowest BCUT2D eigenvalue weighted by Crippen LogP contribution is -2.37. The molecule has 0 spiro atoms. The van der Waals surface area contributed by atoms with Crippen LogP contribution in [0.1, 0.15) is 38.3 Å². The fraction of sp³-hybridized carbons (Fsp3) is 0.571. The van der Waals surface area contributed by atoms with E-state index in [1.165, 1.54) is 36.3 Å². The zero-order chi connectivity index (χ0) is 11.1. The lowest BCUT2D eigenvalue weighted by Gasteiger charge is -2.36. The maximum atomic E-state index is 2.48. The Labute approximate surface area is 93.1 Å². The van der Waals surface area contributed by atoms with Crippen molar-refractivity contribution in [1.82, 2.24) is 0 Å². The quantitative estimate of drug-likeness (QED) is 0.675. The third-order valence-corrected chi connectivity index (χ3v) is 3.31. The van der Waals surface area contributed by atoms with E-state index in [4.69, 9.17) is 0 Å². The Morgan fingerprint density at radius 1 is 1.13 bits per heavy atom. The lowest BCUT2D eigenvalue weighted by atomic mass is 9.83. The van der Waals surface area contributed by atoms with Crippen molar-refractivity contribution in [1.29, 1.82) is 0 Å². The minimum Gasteiger partial charge on any atom is -0.371 e. The highest BCUT2D eigenvalue weighted by Gasteiger charge is 2.21. The number of hydrogen-bond acceptors (Lipinski definition) is 1. The monoisotopic (exact) mass is 203 g/mol. The van der Waals surface area contributed by atoms with Crippen LogP contribution in [0.25, 0.3) is 0 Å². The topological polar surface area (TPSA) is 3.24 Å². The first-order valence-corrected chi connectivity index (χ1v) is 5.85. The molecule has 1 aliphatic heterocycles. The van der Waals surface area contributed by atoms with Crippen LogP contribution in [0.5, 0.6) is 0 Å². The second-order valence-corrected chi connectivity index (χ2v) is 5.54. The van der Waals surface area contributed by atoms with Gasteiger partial charge in [-0.05, 0) is 36.0 Å². The summed E-state index contributed by atoms with van der Waals surface area (Å²) in [6.45, 7) is 11.6. The molecule has 2 rings (SSSR count). The van der Waals surface area contributed by atoms with E-state index < -0.39 is 0 Å². The highest BCUT2D eigenvalue weighted by atomic mass is 15.2. The standard InChI is InChI=1S/C14H21N/c1-11-12(14(2,3)4)7-5-8-13(11)15-9-6-10-15/h5,7-8H,6,9-10H2,1-4H3. The molecule has 0 bridgehead atoms.